The quantitative estimate of drug-likeness (QED) is 0.301. The summed E-state index contributed by atoms with van der Waals surface area (Å²) < 4.78 is 5.70. The fraction of sp³-hybridized carbons (Fsp3) is 0.333. The largest absolute Gasteiger partial charge is 0.489 e. The summed E-state index contributed by atoms with van der Waals surface area (Å²) in [6.07, 6.45) is 5.91. The highest BCUT2D eigenvalue weighted by Crippen LogP contribution is 2.24. The fourth-order valence-electron chi connectivity index (χ4n) is 3.63. The van der Waals surface area contributed by atoms with Crippen molar-refractivity contribution in [1.29, 1.82) is 5.26 Å². The molecule has 2 atom stereocenters. The van der Waals surface area contributed by atoms with E-state index in [1.165, 1.54) is 18.6 Å². The molecule has 7 heteroatoms. The van der Waals surface area contributed by atoms with Crippen molar-refractivity contribution in [3.05, 3.63) is 75.3 Å². The molecule has 31 heavy (non-hydrogen) atoms. The number of hydrogen-bond acceptors (Lipinski definition) is 5. The third-order valence-corrected chi connectivity index (χ3v) is 5.54. The van der Waals surface area contributed by atoms with Gasteiger partial charge in [0.2, 0.25) is 0 Å². The molecular weight excluding hydrogens is 394 g/mol. The lowest BCUT2D eigenvalue weighted by molar-refractivity contribution is -0.384. The zero-order valence-electron chi connectivity index (χ0n) is 17.4. The average molecular weight is 419 g/mol. The molecule has 2 aromatic rings. The molecule has 1 N–H and O–H groups in total. The SMILES string of the molecule is C[C@@H]1CCCC[C@H]1NC(=O)/C(C#N)=C/c1ccc(OCc2ccc([N+](=O)[O-])cc2)cc1. The van der Waals surface area contributed by atoms with E-state index in [9.17, 15) is 20.2 Å². The Hall–Kier alpha value is -3.66. The van der Waals surface area contributed by atoms with E-state index in [-0.39, 0.29) is 29.8 Å². The Morgan fingerprint density at radius 1 is 1.19 bits per heavy atom. The van der Waals surface area contributed by atoms with Gasteiger partial charge >= 0.3 is 0 Å². The molecule has 0 heterocycles. The standard InChI is InChI=1S/C24H25N3O4/c1-17-4-2-3-5-23(17)26-24(28)20(15-25)14-18-8-12-22(13-9-18)31-16-19-6-10-21(11-7-19)27(29)30/h6-14,17,23H,2-5,16H2,1H3,(H,26,28)/b20-14+/t17-,23-/m1/s1. The molecular formula is C24H25N3O4. The van der Waals surface area contributed by atoms with E-state index in [4.69, 9.17) is 4.74 Å². The highest BCUT2D eigenvalue weighted by atomic mass is 16.6. The van der Waals surface area contributed by atoms with Crippen LogP contribution in [0.15, 0.2) is 54.1 Å². The third kappa shape index (κ3) is 6.16. The van der Waals surface area contributed by atoms with Gasteiger partial charge in [-0.3, -0.25) is 14.9 Å². The molecule has 0 bridgehead atoms. The van der Waals surface area contributed by atoms with Crippen LogP contribution in [0.25, 0.3) is 6.08 Å². The summed E-state index contributed by atoms with van der Waals surface area (Å²) in [6.45, 7) is 2.41. The number of hydrogen-bond donors (Lipinski definition) is 1. The van der Waals surface area contributed by atoms with Crippen LogP contribution in [0.3, 0.4) is 0 Å². The Bertz CT molecular complexity index is 991. The van der Waals surface area contributed by atoms with Gasteiger partial charge in [0, 0.05) is 18.2 Å². The summed E-state index contributed by atoms with van der Waals surface area (Å²) in [6, 6.07) is 15.4. The van der Waals surface area contributed by atoms with Crippen molar-refractivity contribution in [3.8, 4) is 11.8 Å². The van der Waals surface area contributed by atoms with Crippen LogP contribution < -0.4 is 10.1 Å². The summed E-state index contributed by atoms with van der Waals surface area (Å²) in [5.74, 6) is 0.707. The van der Waals surface area contributed by atoms with Crippen LogP contribution in [0.5, 0.6) is 5.75 Å². The minimum atomic E-state index is -0.442. The van der Waals surface area contributed by atoms with Gasteiger partial charge in [-0.05, 0) is 60.2 Å². The molecule has 0 aromatic heterocycles. The smallest absolute Gasteiger partial charge is 0.269 e. The van der Waals surface area contributed by atoms with Crippen LogP contribution in [0, 0.1) is 27.4 Å². The molecule has 3 rings (SSSR count). The van der Waals surface area contributed by atoms with Gasteiger partial charge in [-0.15, -0.1) is 0 Å². The van der Waals surface area contributed by atoms with Gasteiger partial charge in [0.1, 0.15) is 24.0 Å². The van der Waals surface area contributed by atoms with Crippen molar-refractivity contribution in [3.63, 3.8) is 0 Å². The molecule has 0 aliphatic heterocycles. The number of benzene rings is 2. The zero-order chi connectivity index (χ0) is 22.2. The van der Waals surface area contributed by atoms with E-state index in [0.29, 0.717) is 11.7 Å². The van der Waals surface area contributed by atoms with Gasteiger partial charge in [0.05, 0.1) is 4.92 Å². The van der Waals surface area contributed by atoms with Crippen LogP contribution in [0.1, 0.15) is 43.7 Å². The van der Waals surface area contributed by atoms with E-state index in [0.717, 1.165) is 30.4 Å². The minimum absolute atomic E-state index is 0.0372. The summed E-state index contributed by atoms with van der Waals surface area (Å²) in [5, 5.41) is 23.1. The number of nitro groups is 1. The van der Waals surface area contributed by atoms with Crippen LogP contribution >= 0.6 is 0 Å². The predicted molar refractivity (Wildman–Crippen MR) is 117 cm³/mol. The summed E-state index contributed by atoms with van der Waals surface area (Å²) in [7, 11) is 0. The second-order valence-corrected chi connectivity index (χ2v) is 7.79. The lowest BCUT2D eigenvalue weighted by atomic mass is 9.86. The Morgan fingerprint density at radius 2 is 1.87 bits per heavy atom. The van der Waals surface area contributed by atoms with E-state index in [1.807, 2.05) is 6.07 Å². The molecule has 0 saturated heterocycles. The van der Waals surface area contributed by atoms with Crippen molar-refractivity contribution in [2.75, 3.05) is 0 Å². The number of nitrogens with one attached hydrogen (secondary N) is 1. The van der Waals surface area contributed by atoms with Crippen molar-refractivity contribution in [2.24, 2.45) is 5.92 Å². The number of nitrogens with zero attached hydrogens (tertiary/aromatic N) is 2. The first kappa shape index (κ1) is 22.0. The lowest BCUT2D eigenvalue weighted by Gasteiger charge is -2.29. The second kappa shape index (κ2) is 10.4. The number of nitro benzene ring substituents is 1. The van der Waals surface area contributed by atoms with Crippen molar-refractivity contribution >= 4 is 17.7 Å². The number of non-ortho nitro benzene ring substituents is 1. The number of amides is 1. The van der Waals surface area contributed by atoms with E-state index < -0.39 is 4.92 Å². The molecule has 160 valence electrons. The molecule has 0 unspecified atom stereocenters. The fourth-order valence-corrected chi connectivity index (χ4v) is 3.63. The summed E-state index contributed by atoms with van der Waals surface area (Å²) in [4.78, 5) is 22.8. The van der Waals surface area contributed by atoms with E-state index in [2.05, 4.69) is 12.2 Å². The normalized spacial score (nSPS) is 18.6. The molecule has 2 aromatic carbocycles. The van der Waals surface area contributed by atoms with Gasteiger partial charge in [-0.25, -0.2) is 0 Å². The Morgan fingerprint density at radius 3 is 2.48 bits per heavy atom. The zero-order valence-corrected chi connectivity index (χ0v) is 17.4. The van der Waals surface area contributed by atoms with Gasteiger partial charge in [-0.1, -0.05) is 31.9 Å². The van der Waals surface area contributed by atoms with Crippen molar-refractivity contribution < 1.29 is 14.5 Å². The molecule has 0 radical (unpaired) electrons. The molecule has 1 amide bonds. The number of nitriles is 1. The molecule has 1 aliphatic rings. The first-order chi connectivity index (χ1) is 15.0. The predicted octanol–water partition coefficient (Wildman–Crippen LogP) is 4.78. The molecule has 1 saturated carbocycles. The van der Waals surface area contributed by atoms with Crippen LogP contribution in [0.2, 0.25) is 0 Å². The van der Waals surface area contributed by atoms with Gasteiger partial charge in [0.25, 0.3) is 11.6 Å². The maximum atomic E-state index is 12.5. The minimum Gasteiger partial charge on any atom is -0.489 e. The van der Waals surface area contributed by atoms with E-state index in [1.54, 1.807) is 42.5 Å². The van der Waals surface area contributed by atoms with Crippen molar-refractivity contribution in [2.45, 2.75) is 45.3 Å². The monoisotopic (exact) mass is 419 g/mol. The van der Waals surface area contributed by atoms with Gasteiger partial charge in [-0.2, -0.15) is 5.26 Å². The first-order valence-electron chi connectivity index (χ1n) is 10.3. The molecule has 7 nitrogen and oxygen atoms in total. The Kier molecular flexibility index (Phi) is 7.39. The maximum Gasteiger partial charge on any atom is 0.269 e. The Balaban J connectivity index is 1.58. The van der Waals surface area contributed by atoms with Gasteiger partial charge < -0.3 is 10.1 Å². The summed E-state index contributed by atoms with van der Waals surface area (Å²) >= 11 is 0. The topological polar surface area (TPSA) is 105 Å². The molecule has 0 spiro atoms. The molecule has 1 fully saturated rings. The third-order valence-electron chi connectivity index (χ3n) is 5.54. The first-order valence-corrected chi connectivity index (χ1v) is 10.3. The van der Waals surface area contributed by atoms with Crippen LogP contribution in [-0.2, 0) is 11.4 Å². The second-order valence-electron chi connectivity index (χ2n) is 7.79. The highest BCUT2D eigenvalue weighted by molar-refractivity contribution is 6.01. The summed E-state index contributed by atoms with van der Waals surface area (Å²) in [5.41, 5.74) is 1.66. The molecule has 1 aliphatic carbocycles. The lowest BCUT2D eigenvalue weighted by Crippen LogP contribution is -2.41. The van der Waals surface area contributed by atoms with Crippen LogP contribution in [0.4, 0.5) is 5.69 Å². The van der Waals surface area contributed by atoms with E-state index >= 15 is 0 Å². The Labute approximate surface area is 181 Å². The number of ether oxygens (including phenoxy) is 1. The average Bonchev–Trinajstić information content (AvgIpc) is 2.78. The maximum absolute atomic E-state index is 12.5. The van der Waals surface area contributed by atoms with Gasteiger partial charge in [0.15, 0.2) is 0 Å². The van der Waals surface area contributed by atoms with Crippen molar-refractivity contribution in [1.82, 2.24) is 5.32 Å². The number of rotatable bonds is 7. The highest BCUT2D eigenvalue weighted by Gasteiger charge is 2.24. The van der Waals surface area contributed by atoms with Crippen LogP contribution in [-0.4, -0.2) is 16.9 Å². The number of carbonyl (C=O) groups excluding carboxylic acids is 1. The number of carbonyl (C=O) groups is 1.